The van der Waals surface area contributed by atoms with E-state index in [1.807, 2.05) is 30.3 Å². The Hall–Kier alpha value is -1.03. The van der Waals surface area contributed by atoms with Crippen molar-refractivity contribution in [2.45, 2.75) is 6.54 Å². The lowest BCUT2D eigenvalue weighted by Crippen LogP contribution is -2.32. The molecular formula is C16H14BrCl2NO. The molecule has 0 spiro atoms. The monoisotopic (exact) mass is 385 g/mol. The Labute approximate surface area is 142 Å². The van der Waals surface area contributed by atoms with Gasteiger partial charge in [0.15, 0.2) is 0 Å². The summed E-state index contributed by atoms with van der Waals surface area (Å²) in [5.74, 6) is 0.338. The molecule has 5 heteroatoms. The minimum Gasteiger partial charge on any atom is -0.333 e. The summed E-state index contributed by atoms with van der Waals surface area (Å²) in [6, 6.07) is 15.0. The molecule has 0 bridgehead atoms. The van der Waals surface area contributed by atoms with Crippen molar-refractivity contribution in [3.05, 3.63) is 69.2 Å². The summed E-state index contributed by atoms with van der Waals surface area (Å²) in [5, 5.41) is 0.582. The maximum atomic E-state index is 12.6. The van der Waals surface area contributed by atoms with E-state index in [2.05, 4.69) is 15.9 Å². The second-order valence-corrected chi connectivity index (χ2v) is 6.17. The van der Waals surface area contributed by atoms with E-state index in [-0.39, 0.29) is 5.91 Å². The van der Waals surface area contributed by atoms with E-state index in [9.17, 15) is 4.79 Å². The summed E-state index contributed by atoms with van der Waals surface area (Å²) in [6.07, 6.45) is 0. The Morgan fingerprint density at radius 2 is 1.86 bits per heavy atom. The van der Waals surface area contributed by atoms with Crippen molar-refractivity contribution < 1.29 is 4.79 Å². The normalized spacial score (nSPS) is 10.4. The fourth-order valence-corrected chi connectivity index (χ4v) is 2.67. The number of benzene rings is 2. The third-order valence-electron chi connectivity index (χ3n) is 3.02. The van der Waals surface area contributed by atoms with Crippen molar-refractivity contribution in [1.29, 1.82) is 0 Å². The van der Waals surface area contributed by atoms with Crippen molar-refractivity contribution in [3.8, 4) is 0 Å². The van der Waals surface area contributed by atoms with Crippen molar-refractivity contribution in [2.75, 3.05) is 12.4 Å². The Kier molecular flexibility index (Phi) is 6.09. The minimum absolute atomic E-state index is 0.0585. The van der Waals surface area contributed by atoms with Crippen LogP contribution in [0.5, 0.6) is 0 Å². The van der Waals surface area contributed by atoms with Gasteiger partial charge in [0.1, 0.15) is 0 Å². The third-order valence-corrected chi connectivity index (χ3v) is 4.41. The molecule has 0 aromatic heterocycles. The zero-order valence-corrected chi connectivity index (χ0v) is 14.3. The lowest BCUT2D eigenvalue weighted by atomic mass is 10.1. The number of hydrogen-bond acceptors (Lipinski definition) is 1. The van der Waals surface area contributed by atoms with Gasteiger partial charge in [0.25, 0.3) is 5.91 Å². The highest BCUT2D eigenvalue weighted by atomic mass is 79.9. The van der Waals surface area contributed by atoms with Gasteiger partial charge in [-0.15, -0.1) is 11.6 Å². The SMILES string of the molecule is O=C(c1ccc(Cl)c(Br)c1)N(CCCl)Cc1ccccc1. The second-order valence-electron chi connectivity index (χ2n) is 4.53. The van der Waals surface area contributed by atoms with Crippen LogP contribution in [0.25, 0.3) is 0 Å². The largest absolute Gasteiger partial charge is 0.333 e. The van der Waals surface area contributed by atoms with Gasteiger partial charge in [-0.3, -0.25) is 4.79 Å². The third kappa shape index (κ3) is 4.47. The van der Waals surface area contributed by atoms with Crippen LogP contribution in [-0.2, 0) is 6.54 Å². The number of halogens is 3. The molecule has 2 aromatic rings. The molecule has 0 aliphatic rings. The quantitative estimate of drug-likeness (QED) is 0.663. The molecule has 0 N–H and O–H groups in total. The molecule has 2 nitrogen and oxygen atoms in total. The number of nitrogens with zero attached hydrogens (tertiary/aromatic N) is 1. The van der Waals surface area contributed by atoms with Crippen LogP contribution in [0.4, 0.5) is 0 Å². The summed E-state index contributed by atoms with van der Waals surface area (Å²) >= 11 is 15.1. The average Bonchev–Trinajstić information content (AvgIpc) is 2.50. The molecule has 0 saturated carbocycles. The second kappa shape index (κ2) is 7.83. The summed E-state index contributed by atoms with van der Waals surface area (Å²) < 4.78 is 0.709. The summed E-state index contributed by atoms with van der Waals surface area (Å²) in [7, 11) is 0. The first-order valence-electron chi connectivity index (χ1n) is 6.46. The molecule has 2 aromatic carbocycles. The Morgan fingerprint density at radius 1 is 1.14 bits per heavy atom. The minimum atomic E-state index is -0.0585. The Bertz CT molecular complexity index is 619. The molecule has 0 aliphatic carbocycles. The van der Waals surface area contributed by atoms with Crippen LogP contribution in [0.15, 0.2) is 53.0 Å². The van der Waals surface area contributed by atoms with E-state index in [0.29, 0.717) is 34.0 Å². The van der Waals surface area contributed by atoms with E-state index >= 15 is 0 Å². The van der Waals surface area contributed by atoms with Crippen LogP contribution in [0, 0.1) is 0 Å². The molecule has 2 rings (SSSR count). The van der Waals surface area contributed by atoms with Gasteiger partial charge < -0.3 is 4.90 Å². The van der Waals surface area contributed by atoms with Gasteiger partial charge in [-0.05, 0) is 39.7 Å². The fourth-order valence-electron chi connectivity index (χ4n) is 1.97. The maximum Gasteiger partial charge on any atom is 0.254 e. The van der Waals surface area contributed by atoms with Crippen molar-refractivity contribution >= 4 is 45.0 Å². The zero-order chi connectivity index (χ0) is 15.2. The van der Waals surface area contributed by atoms with Gasteiger partial charge in [-0.2, -0.15) is 0 Å². The maximum absolute atomic E-state index is 12.6. The lowest BCUT2D eigenvalue weighted by Gasteiger charge is -2.22. The molecule has 21 heavy (non-hydrogen) atoms. The van der Waals surface area contributed by atoms with E-state index in [1.54, 1.807) is 23.1 Å². The molecule has 0 heterocycles. The number of amides is 1. The van der Waals surface area contributed by atoms with Gasteiger partial charge in [0.05, 0.1) is 5.02 Å². The smallest absolute Gasteiger partial charge is 0.254 e. The predicted octanol–water partition coefficient (Wildman–Crippen LogP) is 4.98. The van der Waals surface area contributed by atoms with Crippen molar-refractivity contribution in [2.24, 2.45) is 0 Å². The molecule has 110 valence electrons. The average molecular weight is 387 g/mol. The molecule has 1 amide bonds. The van der Waals surface area contributed by atoms with E-state index in [4.69, 9.17) is 23.2 Å². The van der Waals surface area contributed by atoms with Gasteiger partial charge in [0.2, 0.25) is 0 Å². The summed E-state index contributed by atoms with van der Waals surface area (Å²) in [6.45, 7) is 1.03. The van der Waals surface area contributed by atoms with Crippen LogP contribution in [0.2, 0.25) is 5.02 Å². The zero-order valence-electron chi connectivity index (χ0n) is 11.2. The van der Waals surface area contributed by atoms with E-state index in [0.717, 1.165) is 5.56 Å². The highest BCUT2D eigenvalue weighted by Crippen LogP contribution is 2.24. The van der Waals surface area contributed by atoms with E-state index < -0.39 is 0 Å². The highest BCUT2D eigenvalue weighted by Gasteiger charge is 2.16. The lowest BCUT2D eigenvalue weighted by molar-refractivity contribution is 0.0753. The molecular weight excluding hydrogens is 373 g/mol. The fraction of sp³-hybridized carbons (Fsp3) is 0.188. The number of rotatable bonds is 5. The number of carbonyl (C=O) groups excluding carboxylic acids is 1. The van der Waals surface area contributed by atoms with Crippen LogP contribution in [-0.4, -0.2) is 23.2 Å². The number of carbonyl (C=O) groups is 1. The first-order valence-corrected chi connectivity index (χ1v) is 8.16. The standard InChI is InChI=1S/C16H14BrCl2NO/c17-14-10-13(6-7-15(14)19)16(21)20(9-8-18)11-12-4-2-1-3-5-12/h1-7,10H,8-9,11H2. The van der Waals surface area contributed by atoms with E-state index in [1.165, 1.54) is 0 Å². The van der Waals surface area contributed by atoms with Crippen LogP contribution >= 0.6 is 39.1 Å². The Balaban J connectivity index is 2.20. The molecule has 0 fully saturated rings. The summed E-state index contributed by atoms with van der Waals surface area (Å²) in [5.41, 5.74) is 1.66. The van der Waals surface area contributed by atoms with Gasteiger partial charge in [0, 0.05) is 29.0 Å². The molecule has 0 radical (unpaired) electrons. The van der Waals surface area contributed by atoms with Gasteiger partial charge >= 0.3 is 0 Å². The van der Waals surface area contributed by atoms with Crippen LogP contribution < -0.4 is 0 Å². The van der Waals surface area contributed by atoms with Crippen LogP contribution in [0.3, 0.4) is 0 Å². The topological polar surface area (TPSA) is 20.3 Å². The molecule has 0 saturated heterocycles. The van der Waals surface area contributed by atoms with Crippen molar-refractivity contribution in [3.63, 3.8) is 0 Å². The Morgan fingerprint density at radius 3 is 2.48 bits per heavy atom. The molecule has 0 unspecified atom stereocenters. The van der Waals surface area contributed by atoms with Crippen LogP contribution in [0.1, 0.15) is 15.9 Å². The predicted molar refractivity (Wildman–Crippen MR) is 91.1 cm³/mol. The van der Waals surface area contributed by atoms with Gasteiger partial charge in [-0.1, -0.05) is 41.9 Å². The van der Waals surface area contributed by atoms with Crippen molar-refractivity contribution in [1.82, 2.24) is 4.90 Å². The highest BCUT2D eigenvalue weighted by molar-refractivity contribution is 9.10. The first kappa shape index (κ1) is 16.3. The van der Waals surface area contributed by atoms with Gasteiger partial charge in [-0.25, -0.2) is 0 Å². The number of hydrogen-bond donors (Lipinski definition) is 0. The summed E-state index contributed by atoms with van der Waals surface area (Å²) in [4.78, 5) is 14.3. The molecule has 0 aliphatic heterocycles. The first-order chi connectivity index (χ1) is 10.1. The molecule has 0 atom stereocenters. The number of alkyl halides is 1.